The molecule has 0 radical (unpaired) electrons. The Hall–Kier alpha value is -1.13. The number of fused-ring (bicyclic) bond motifs is 4. The van der Waals surface area contributed by atoms with Gasteiger partial charge in [-0.05, 0) is 33.7 Å². The van der Waals surface area contributed by atoms with Crippen molar-refractivity contribution in [3.8, 4) is 0 Å². The predicted octanol–water partition coefficient (Wildman–Crippen LogP) is 1.44. The molecule has 1 saturated heterocycles. The zero-order valence-corrected chi connectivity index (χ0v) is 10.4. The van der Waals surface area contributed by atoms with Crippen molar-refractivity contribution in [2.24, 2.45) is 0 Å². The van der Waals surface area contributed by atoms with Crippen LogP contribution in [-0.2, 0) is 0 Å². The lowest BCUT2D eigenvalue weighted by atomic mass is 9.95. The Morgan fingerprint density at radius 2 is 2.06 bits per heavy atom. The third-order valence-electron chi connectivity index (χ3n) is 4.36. The van der Waals surface area contributed by atoms with Gasteiger partial charge in [-0.25, -0.2) is 0 Å². The molecule has 1 N–H and O–H groups in total. The van der Waals surface area contributed by atoms with E-state index in [1.165, 1.54) is 0 Å². The maximum atomic E-state index is 12.3. The Morgan fingerprint density at radius 3 is 2.76 bits per heavy atom. The number of rotatable bonds is 0. The van der Waals surface area contributed by atoms with Gasteiger partial charge in [0.25, 0.3) is 0 Å². The Bertz CT molecular complexity index is 534. The van der Waals surface area contributed by atoms with Gasteiger partial charge >= 0.3 is 0 Å². The van der Waals surface area contributed by atoms with Gasteiger partial charge in [-0.3, -0.25) is 9.69 Å². The van der Waals surface area contributed by atoms with Crippen LogP contribution >= 0.6 is 0 Å². The maximum Gasteiger partial charge on any atom is 0.193 e. The minimum absolute atomic E-state index is 0.0417. The Kier molecular flexibility index (Phi) is 2.22. The van der Waals surface area contributed by atoms with Gasteiger partial charge in [0, 0.05) is 17.6 Å². The van der Waals surface area contributed by atoms with Crippen LogP contribution in [0.1, 0.15) is 47.6 Å². The average molecular weight is 235 g/mol. The highest BCUT2D eigenvalue weighted by Crippen LogP contribution is 2.46. The molecule has 1 fully saturated rings. The molecule has 3 rings (SSSR count). The number of aryl methyl sites for hydroxylation is 1. The van der Waals surface area contributed by atoms with Crippen molar-refractivity contribution in [3.05, 3.63) is 32.9 Å². The minimum Gasteiger partial charge on any atom is -0.463 e. The molecule has 3 heterocycles. The third kappa shape index (κ3) is 1.28. The van der Waals surface area contributed by atoms with Crippen LogP contribution in [0.25, 0.3) is 0 Å². The summed E-state index contributed by atoms with van der Waals surface area (Å²) < 4.78 is 5.68. The summed E-state index contributed by atoms with van der Waals surface area (Å²) in [4.78, 5) is 14.4. The maximum absolute atomic E-state index is 12.3. The van der Waals surface area contributed by atoms with Gasteiger partial charge in [-0.1, -0.05) is 0 Å². The SMILES string of the molecule is Cc1oc2c(c(=O)c1C)[C@@H]1CC[C@H]([C@@H]2O)N1C. The largest absolute Gasteiger partial charge is 0.463 e. The fraction of sp³-hybridized carbons (Fsp3) is 0.615. The lowest BCUT2D eigenvalue weighted by Gasteiger charge is -2.35. The average Bonchev–Trinajstić information content (AvgIpc) is 2.59. The van der Waals surface area contributed by atoms with Gasteiger partial charge in [0.15, 0.2) is 5.43 Å². The lowest BCUT2D eigenvalue weighted by Crippen LogP contribution is -2.40. The number of likely N-dealkylation sites (N-methyl/N-ethyl adjacent to an activating group) is 1. The molecule has 2 aliphatic heterocycles. The van der Waals surface area contributed by atoms with Gasteiger partial charge in [-0.2, -0.15) is 0 Å². The third-order valence-corrected chi connectivity index (χ3v) is 4.36. The number of hydrogen-bond acceptors (Lipinski definition) is 4. The van der Waals surface area contributed by atoms with Crippen molar-refractivity contribution in [2.75, 3.05) is 7.05 Å². The highest BCUT2D eigenvalue weighted by atomic mass is 16.4. The van der Waals surface area contributed by atoms with Crippen molar-refractivity contribution in [3.63, 3.8) is 0 Å². The van der Waals surface area contributed by atoms with Crippen molar-refractivity contribution < 1.29 is 9.52 Å². The molecule has 0 saturated carbocycles. The van der Waals surface area contributed by atoms with Gasteiger partial charge in [0.2, 0.25) is 0 Å². The monoisotopic (exact) mass is 235 g/mol. The fourth-order valence-electron chi connectivity index (χ4n) is 3.18. The number of aliphatic hydroxyl groups excluding tert-OH is 1. The topological polar surface area (TPSA) is 53.7 Å². The smallest absolute Gasteiger partial charge is 0.193 e. The van der Waals surface area contributed by atoms with Crippen molar-refractivity contribution >= 4 is 0 Å². The molecule has 0 unspecified atom stereocenters. The Balaban J connectivity index is 2.31. The second-order valence-corrected chi connectivity index (χ2v) is 5.16. The normalized spacial score (nSPS) is 31.6. The first-order valence-corrected chi connectivity index (χ1v) is 6.06. The van der Waals surface area contributed by atoms with Crippen LogP contribution in [0.5, 0.6) is 0 Å². The van der Waals surface area contributed by atoms with Gasteiger partial charge in [0.05, 0.1) is 5.56 Å². The summed E-state index contributed by atoms with van der Waals surface area (Å²) in [5.41, 5.74) is 1.38. The Morgan fingerprint density at radius 1 is 1.35 bits per heavy atom. The molecule has 3 atom stereocenters. The molecule has 17 heavy (non-hydrogen) atoms. The summed E-state index contributed by atoms with van der Waals surface area (Å²) in [6.45, 7) is 3.57. The second kappa shape index (κ2) is 3.43. The van der Waals surface area contributed by atoms with Crippen LogP contribution in [0.3, 0.4) is 0 Å². The first-order chi connectivity index (χ1) is 8.02. The molecular weight excluding hydrogens is 218 g/mol. The van der Waals surface area contributed by atoms with Crippen LogP contribution in [0, 0.1) is 13.8 Å². The van der Waals surface area contributed by atoms with Crippen molar-refractivity contribution in [2.45, 2.75) is 44.9 Å². The van der Waals surface area contributed by atoms with E-state index in [1.54, 1.807) is 13.8 Å². The molecule has 0 aromatic carbocycles. The van der Waals surface area contributed by atoms with Crippen LogP contribution in [0.4, 0.5) is 0 Å². The van der Waals surface area contributed by atoms with Crippen LogP contribution < -0.4 is 5.43 Å². The highest BCUT2D eigenvalue weighted by molar-refractivity contribution is 5.34. The second-order valence-electron chi connectivity index (χ2n) is 5.16. The summed E-state index contributed by atoms with van der Waals surface area (Å²) in [6, 6.07) is 0.215. The molecule has 2 bridgehead atoms. The summed E-state index contributed by atoms with van der Waals surface area (Å²) in [5, 5.41) is 10.3. The quantitative estimate of drug-likeness (QED) is 0.739. The molecule has 0 amide bonds. The van der Waals surface area contributed by atoms with Gasteiger partial charge < -0.3 is 9.52 Å². The van der Waals surface area contributed by atoms with Crippen LogP contribution in [0.2, 0.25) is 0 Å². The van der Waals surface area contributed by atoms with E-state index >= 15 is 0 Å². The van der Waals surface area contributed by atoms with E-state index in [0.29, 0.717) is 22.6 Å². The summed E-state index contributed by atoms with van der Waals surface area (Å²) in [5.74, 6) is 1.13. The van der Waals surface area contributed by atoms with E-state index in [0.717, 1.165) is 12.8 Å². The molecule has 0 spiro atoms. The zero-order chi connectivity index (χ0) is 12.3. The van der Waals surface area contributed by atoms with E-state index in [4.69, 9.17) is 4.42 Å². The van der Waals surface area contributed by atoms with E-state index in [2.05, 4.69) is 4.90 Å². The molecule has 0 aliphatic carbocycles. The number of aliphatic hydroxyl groups is 1. The molecule has 4 nitrogen and oxygen atoms in total. The van der Waals surface area contributed by atoms with Crippen LogP contribution in [-0.4, -0.2) is 23.1 Å². The fourth-order valence-corrected chi connectivity index (χ4v) is 3.18. The molecule has 1 aromatic heterocycles. The number of hydrogen-bond donors (Lipinski definition) is 1. The van der Waals surface area contributed by atoms with E-state index < -0.39 is 6.10 Å². The Labute approximate surface area is 99.9 Å². The van der Waals surface area contributed by atoms with E-state index in [-0.39, 0.29) is 17.5 Å². The minimum atomic E-state index is -0.666. The first kappa shape index (κ1) is 11.0. The molecule has 4 heteroatoms. The molecule has 92 valence electrons. The lowest BCUT2D eigenvalue weighted by molar-refractivity contribution is 0.0336. The molecule has 1 aromatic rings. The van der Waals surface area contributed by atoms with E-state index in [9.17, 15) is 9.90 Å². The zero-order valence-electron chi connectivity index (χ0n) is 10.4. The summed E-state index contributed by atoms with van der Waals surface area (Å²) >= 11 is 0. The highest BCUT2D eigenvalue weighted by Gasteiger charge is 2.46. The van der Waals surface area contributed by atoms with Gasteiger partial charge in [0.1, 0.15) is 17.6 Å². The van der Waals surface area contributed by atoms with Crippen molar-refractivity contribution in [1.82, 2.24) is 4.90 Å². The first-order valence-electron chi connectivity index (χ1n) is 6.06. The standard InChI is InChI=1S/C13H17NO3/c1-6-7(2)17-13-10(11(6)15)8-4-5-9(12(13)16)14(8)3/h8-9,12,16H,4-5H2,1-3H3/t8-,9+,12-/m0/s1. The summed E-state index contributed by atoms with van der Waals surface area (Å²) in [6.07, 6.45) is 1.18. The van der Waals surface area contributed by atoms with Crippen molar-refractivity contribution in [1.29, 1.82) is 0 Å². The van der Waals surface area contributed by atoms with E-state index in [1.807, 2.05) is 7.05 Å². The van der Waals surface area contributed by atoms with Crippen LogP contribution in [0.15, 0.2) is 9.21 Å². The molecular formula is C13H17NO3. The number of nitrogens with zero attached hydrogens (tertiary/aromatic N) is 1. The predicted molar refractivity (Wildman–Crippen MR) is 62.9 cm³/mol. The summed E-state index contributed by atoms with van der Waals surface area (Å²) in [7, 11) is 1.98. The molecule has 2 aliphatic rings. The van der Waals surface area contributed by atoms with Gasteiger partial charge in [-0.15, -0.1) is 0 Å².